The number of benzene rings is 2. The Morgan fingerprint density at radius 3 is 2.52 bits per heavy atom. The Morgan fingerprint density at radius 1 is 1.10 bits per heavy atom. The quantitative estimate of drug-likeness (QED) is 0.623. The zero-order valence-corrected chi connectivity index (χ0v) is 18.0. The molecule has 2 heterocycles. The molecule has 31 heavy (non-hydrogen) atoms. The predicted octanol–water partition coefficient (Wildman–Crippen LogP) is 4.00. The molecule has 1 fully saturated rings. The number of carbonyl (C=O) groups is 1. The lowest BCUT2D eigenvalue weighted by atomic mass is 9.97. The lowest BCUT2D eigenvalue weighted by Gasteiger charge is -2.28. The molecule has 0 unspecified atom stereocenters. The van der Waals surface area contributed by atoms with Crippen LogP contribution in [0.5, 0.6) is 5.88 Å². The lowest BCUT2D eigenvalue weighted by Crippen LogP contribution is -2.37. The molecule has 0 spiro atoms. The van der Waals surface area contributed by atoms with Crippen molar-refractivity contribution >= 4 is 28.4 Å². The van der Waals surface area contributed by atoms with E-state index in [4.69, 9.17) is 14.5 Å². The third kappa shape index (κ3) is 4.94. The molecule has 4 rings (SSSR count). The van der Waals surface area contributed by atoms with Gasteiger partial charge in [-0.25, -0.2) is 9.97 Å². The molecule has 1 saturated heterocycles. The SMILES string of the molecule is CC[C@H](C)c1ccccc1NC(=O)COc1nc2ccccc2nc1N1CCOCC1. The zero-order chi connectivity index (χ0) is 21.6. The molecule has 1 aliphatic heterocycles. The van der Waals surface area contributed by atoms with Gasteiger partial charge in [-0.3, -0.25) is 4.79 Å². The van der Waals surface area contributed by atoms with E-state index in [-0.39, 0.29) is 12.5 Å². The van der Waals surface area contributed by atoms with Gasteiger partial charge in [-0.05, 0) is 36.1 Å². The van der Waals surface area contributed by atoms with Crippen LogP contribution in [0, 0.1) is 0 Å². The van der Waals surface area contributed by atoms with Crippen molar-refractivity contribution in [2.45, 2.75) is 26.2 Å². The molecule has 2 aromatic carbocycles. The Balaban J connectivity index is 1.52. The molecular weight excluding hydrogens is 392 g/mol. The van der Waals surface area contributed by atoms with Crippen molar-refractivity contribution in [2.75, 3.05) is 43.1 Å². The van der Waals surface area contributed by atoms with Crippen molar-refractivity contribution < 1.29 is 14.3 Å². The van der Waals surface area contributed by atoms with E-state index in [2.05, 4.69) is 35.1 Å². The summed E-state index contributed by atoms with van der Waals surface area (Å²) in [6, 6.07) is 15.6. The van der Waals surface area contributed by atoms with E-state index in [0.29, 0.717) is 43.9 Å². The first kappa shape index (κ1) is 21.1. The van der Waals surface area contributed by atoms with Crippen LogP contribution < -0.4 is 15.0 Å². The number of ether oxygens (including phenoxy) is 2. The van der Waals surface area contributed by atoms with Gasteiger partial charge in [-0.1, -0.05) is 44.2 Å². The Hall–Kier alpha value is -3.19. The number of hydrogen-bond acceptors (Lipinski definition) is 6. The fourth-order valence-electron chi connectivity index (χ4n) is 3.63. The first-order chi connectivity index (χ1) is 15.2. The van der Waals surface area contributed by atoms with Crippen LogP contribution in [-0.2, 0) is 9.53 Å². The molecule has 0 aliphatic carbocycles. The minimum atomic E-state index is -0.223. The van der Waals surface area contributed by atoms with Gasteiger partial charge < -0.3 is 19.7 Å². The van der Waals surface area contributed by atoms with Crippen molar-refractivity contribution in [3.05, 3.63) is 54.1 Å². The van der Waals surface area contributed by atoms with Gasteiger partial charge in [0.2, 0.25) is 0 Å². The monoisotopic (exact) mass is 420 g/mol. The van der Waals surface area contributed by atoms with Crippen molar-refractivity contribution in [1.82, 2.24) is 9.97 Å². The van der Waals surface area contributed by atoms with Gasteiger partial charge in [-0.2, -0.15) is 0 Å². The van der Waals surface area contributed by atoms with E-state index >= 15 is 0 Å². The molecule has 162 valence electrons. The van der Waals surface area contributed by atoms with E-state index in [9.17, 15) is 4.79 Å². The van der Waals surface area contributed by atoms with E-state index in [1.807, 2.05) is 42.5 Å². The normalized spacial score (nSPS) is 15.0. The minimum absolute atomic E-state index is 0.140. The molecule has 7 heteroatoms. The number of para-hydroxylation sites is 3. The van der Waals surface area contributed by atoms with Crippen LogP contribution in [0.25, 0.3) is 11.0 Å². The average molecular weight is 421 g/mol. The summed E-state index contributed by atoms with van der Waals surface area (Å²) in [5.41, 5.74) is 3.47. The standard InChI is InChI=1S/C24H28N4O3/c1-3-17(2)18-8-4-5-9-19(18)25-22(29)16-31-24-23(28-12-14-30-15-13-28)26-20-10-6-7-11-21(20)27-24/h4-11,17H,3,12-16H2,1-2H3,(H,25,29)/t17-/m0/s1. The number of aromatic nitrogens is 2. The summed E-state index contributed by atoms with van der Waals surface area (Å²) in [4.78, 5) is 24.2. The summed E-state index contributed by atoms with van der Waals surface area (Å²) in [6.07, 6.45) is 0.999. The number of nitrogens with one attached hydrogen (secondary N) is 1. The second kappa shape index (κ2) is 9.75. The van der Waals surface area contributed by atoms with Crippen LogP contribution in [0.1, 0.15) is 31.7 Å². The molecule has 7 nitrogen and oxygen atoms in total. The number of fused-ring (bicyclic) bond motifs is 1. The molecule has 0 radical (unpaired) electrons. The fourth-order valence-corrected chi connectivity index (χ4v) is 3.63. The molecule has 1 aromatic heterocycles. The van der Waals surface area contributed by atoms with Gasteiger partial charge >= 0.3 is 0 Å². The third-order valence-corrected chi connectivity index (χ3v) is 5.55. The van der Waals surface area contributed by atoms with Crippen LogP contribution in [0.15, 0.2) is 48.5 Å². The number of morpholine rings is 1. The molecular formula is C24H28N4O3. The number of amides is 1. The topological polar surface area (TPSA) is 76.6 Å². The number of rotatable bonds is 7. The number of anilines is 2. The molecule has 1 amide bonds. The lowest BCUT2D eigenvalue weighted by molar-refractivity contribution is -0.118. The Bertz CT molecular complexity index is 1050. The highest BCUT2D eigenvalue weighted by Crippen LogP contribution is 2.29. The van der Waals surface area contributed by atoms with Gasteiger partial charge in [0.15, 0.2) is 12.4 Å². The maximum absolute atomic E-state index is 12.7. The summed E-state index contributed by atoms with van der Waals surface area (Å²) >= 11 is 0. The maximum Gasteiger partial charge on any atom is 0.262 e. The summed E-state index contributed by atoms with van der Waals surface area (Å²) in [7, 11) is 0. The molecule has 0 bridgehead atoms. The maximum atomic E-state index is 12.7. The molecule has 0 saturated carbocycles. The minimum Gasteiger partial charge on any atom is -0.465 e. The highest BCUT2D eigenvalue weighted by atomic mass is 16.5. The Kier molecular flexibility index (Phi) is 6.62. The summed E-state index contributed by atoms with van der Waals surface area (Å²) in [5.74, 6) is 1.15. The summed E-state index contributed by atoms with van der Waals surface area (Å²) in [5, 5.41) is 2.99. The van der Waals surface area contributed by atoms with Crippen molar-refractivity contribution in [2.24, 2.45) is 0 Å². The second-order valence-electron chi connectivity index (χ2n) is 7.67. The van der Waals surface area contributed by atoms with Gasteiger partial charge in [0.1, 0.15) is 0 Å². The van der Waals surface area contributed by atoms with E-state index in [0.717, 1.165) is 28.7 Å². The van der Waals surface area contributed by atoms with Gasteiger partial charge in [0.25, 0.3) is 11.8 Å². The van der Waals surface area contributed by atoms with E-state index in [1.165, 1.54) is 0 Å². The zero-order valence-electron chi connectivity index (χ0n) is 18.0. The van der Waals surface area contributed by atoms with Crippen LogP contribution in [0.4, 0.5) is 11.5 Å². The van der Waals surface area contributed by atoms with E-state index in [1.54, 1.807) is 0 Å². The van der Waals surface area contributed by atoms with Gasteiger partial charge in [-0.15, -0.1) is 0 Å². The summed E-state index contributed by atoms with van der Waals surface area (Å²) in [6.45, 7) is 6.81. The van der Waals surface area contributed by atoms with Crippen molar-refractivity contribution in [3.8, 4) is 5.88 Å². The third-order valence-electron chi connectivity index (χ3n) is 5.55. The largest absolute Gasteiger partial charge is 0.465 e. The first-order valence-electron chi connectivity index (χ1n) is 10.8. The van der Waals surface area contributed by atoms with Gasteiger partial charge in [0, 0.05) is 18.8 Å². The first-order valence-corrected chi connectivity index (χ1v) is 10.8. The number of carbonyl (C=O) groups excluding carboxylic acids is 1. The molecule has 1 aliphatic rings. The Morgan fingerprint density at radius 2 is 1.77 bits per heavy atom. The van der Waals surface area contributed by atoms with Crippen LogP contribution in [0.3, 0.4) is 0 Å². The predicted molar refractivity (Wildman–Crippen MR) is 122 cm³/mol. The smallest absolute Gasteiger partial charge is 0.262 e. The van der Waals surface area contributed by atoms with Crippen molar-refractivity contribution in [1.29, 1.82) is 0 Å². The number of hydrogen-bond donors (Lipinski definition) is 1. The van der Waals surface area contributed by atoms with Crippen molar-refractivity contribution in [3.63, 3.8) is 0 Å². The number of nitrogens with zero attached hydrogens (tertiary/aromatic N) is 3. The van der Waals surface area contributed by atoms with Gasteiger partial charge in [0.05, 0.1) is 24.2 Å². The molecule has 3 aromatic rings. The fraction of sp³-hybridized carbons (Fsp3) is 0.375. The van der Waals surface area contributed by atoms with Crippen LogP contribution in [0.2, 0.25) is 0 Å². The summed E-state index contributed by atoms with van der Waals surface area (Å²) < 4.78 is 11.3. The highest BCUT2D eigenvalue weighted by Gasteiger charge is 2.21. The van der Waals surface area contributed by atoms with Crippen LogP contribution in [-0.4, -0.2) is 48.8 Å². The highest BCUT2D eigenvalue weighted by molar-refractivity contribution is 5.92. The second-order valence-corrected chi connectivity index (χ2v) is 7.67. The van der Waals surface area contributed by atoms with E-state index < -0.39 is 0 Å². The van der Waals surface area contributed by atoms with Crippen LogP contribution >= 0.6 is 0 Å². The average Bonchev–Trinajstić information content (AvgIpc) is 2.82. The molecule has 1 atom stereocenters. The molecule has 1 N–H and O–H groups in total. The Labute approximate surface area is 182 Å².